The van der Waals surface area contributed by atoms with Gasteiger partial charge in [-0.25, -0.2) is 19.9 Å². The van der Waals surface area contributed by atoms with E-state index in [0.29, 0.717) is 47.8 Å². The zero-order valence-electron chi connectivity index (χ0n) is 27.0. The van der Waals surface area contributed by atoms with E-state index in [1.165, 1.54) is 6.33 Å². The molecule has 2 N–H and O–H groups in total. The van der Waals surface area contributed by atoms with E-state index < -0.39 is 29.6 Å². The Kier molecular flexibility index (Phi) is 7.80. The van der Waals surface area contributed by atoms with Gasteiger partial charge in [0.15, 0.2) is 22.6 Å². The van der Waals surface area contributed by atoms with Gasteiger partial charge in [0, 0.05) is 25.0 Å². The summed E-state index contributed by atoms with van der Waals surface area (Å²) in [5.41, 5.74) is 1.43. The first kappa shape index (κ1) is 32.7. The molecule has 2 amide bonds. The van der Waals surface area contributed by atoms with Gasteiger partial charge in [-0.1, -0.05) is 18.5 Å². The van der Waals surface area contributed by atoms with E-state index in [4.69, 9.17) is 16.6 Å². The van der Waals surface area contributed by atoms with Gasteiger partial charge in [-0.3, -0.25) is 14.4 Å². The maximum absolute atomic E-state index is 14.4. The van der Waals surface area contributed by atoms with Crippen molar-refractivity contribution in [2.45, 2.75) is 77.2 Å². The Hall–Kier alpha value is -4.79. The van der Waals surface area contributed by atoms with Gasteiger partial charge >= 0.3 is 6.18 Å². The number of amides is 2. The summed E-state index contributed by atoms with van der Waals surface area (Å²) in [4.78, 5) is 63.0. The number of fused-ring (bicyclic) bond motifs is 4. The summed E-state index contributed by atoms with van der Waals surface area (Å²) in [6.07, 6.45) is -1.70. The van der Waals surface area contributed by atoms with Gasteiger partial charge in [-0.2, -0.15) is 13.2 Å². The Morgan fingerprint density at radius 2 is 1.73 bits per heavy atom. The SMILES string of the molecule is Cc1nc2c(=O)c(N3CCN(C(=O)c4ncnc(C)c4O)[C@H]4CC[C@@H]43)c3n(c2nc1C)C(C(=O)Nc1ccc(C(F)(F)F)cc1Cl)CC3C. The van der Waals surface area contributed by atoms with Crippen LogP contribution in [0, 0.1) is 20.8 Å². The molecule has 16 heteroatoms. The third-order valence-electron chi connectivity index (χ3n) is 10.0. The fourth-order valence-corrected chi connectivity index (χ4v) is 7.47. The molecular formula is C33H32ClF3N8O4. The standard InChI is InChI=1S/C33H32ClF3N8O4/c1-14-11-23(31(48)42-20-6-5-18(12-19(20)34)33(35,36)37)45-26(14)27(29(47)24-30(45)41-16(3)15(2)40-24)43-9-10-44(22-8-7-21(22)43)32(49)25-28(46)17(4)38-13-39-25/h5-6,12-14,21-23,46H,7-11H2,1-4H3,(H,42,48)/t14?,21-,22-,23?/m0/s1. The predicted molar refractivity (Wildman–Crippen MR) is 174 cm³/mol. The molecule has 5 heterocycles. The molecule has 2 fully saturated rings. The van der Waals surface area contributed by atoms with Gasteiger partial charge in [-0.15, -0.1) is 0 Å². The Morgan fingerprint density at radius 3 is 2.41 bits per heavy atom. The summed E-state index contributed by atoms with van der Waals surface area (Å²) in [6, 6.07) is 1.37. The van der Waals surface area contributed by atoms with Crippen molar-refractivity contribution in [3.63, 3.8) is 0 Å². The molecule has 4 aromatic rings. The largest absolute Gasteiger partial charge is 0.504 e. The highest BCUT2D eigenvalue weighted by molar-refractivity contribution is 6.33. The minimum Gasteiger partial charge on any atom is -0.504 e. The third kappa shape index (κ3) is 5.25. The molecule has 7 rings (SSSR count). The van der Waals surface area contributed by atoms with Crippen LogP contribution < -0.4 is 15.6 Å². The molecule has 0 radical (unpaired) electrons. The first-order valence-electron chi connectivity index (χ1n) is 15.9. The third-order valence-corrected chi connectivity index (χ3v) is 10.3. The monoisotopic (exact) mass is 696 g/mol. The van der Waals surface area contributed by atoms with Crippen LogP contribution >= 0.6 is 11.6 Å². The second-order valence-electron chi connectivity index (χ2n) is 12.9. The molecule has 3 aromatic heterocycles. The molecule has 49 heavy (non-hydrogen) atoms. The lowest BCUT2D eigenvalue weighted by molar-refractivity contribution is -0.137. The summed E-state index contributed by atoms with van der Waals surface area (Å²) in [7, 11) is 0. The van der Waals surface area contributed by atoms with E-state index in [9.17, 15) is 32.7 Å². The van der Waals surface area contributed by atoms with E-state index in [-0.39, 0.29) is 69.7 Å². The van der Waals surface area contributed by atoms with Crippen molar-refractivity contribution in [1.82, 2.24) is 29.4 Å². The molecule has 3 aliphatic rings. The van der Waals surface area contributed by atoms with E-state index in [1.807, 2.05) is 11.8 Å². The highest BCUT2D eigenvalue weighted by Gasteiger charge is 2.49. The van der Waals surface area contributed by atoms with Crippen LogP contribution in [0.1, 0.15) is 77.0 Å². The normalized spacial score (nSPS) is 21.7. The number of pyridine rings is 1. The van der Waals surface area contributed by atoms with Crippen LogP contribution in [0.4, 0.5) is 24.5 Å². The Labute approximate surface area is 283 Å². The quantitative estimate of drug-likeness (QED) is 0.299. The molecule has 2 unspecified atom stereocenters. The van der Waals surface area contributed by atoms with Crippen LogP contribution in [-0.4, -0.2) is 71.5 Å². The van der Waals surface area contributed by atoms with Crippen molar-refractivity contribution >= 4 is 46.0 Å². The fraction of sp³-hybridized carbons (Fsp3) is 0.424. The van der Waals surface area contributed by atoms with Gasteiger partial charge in [0.2, 0.25) is 11.3 Å². The van der Waals surface area contributed by atoms with Crippen LogP contribution in [0.15, 0.2) is 29.3 Å². The number of aromatic nitrogens is 5. The summed E-state index contributed by atoms with van der Waals surface area (Å²) in [6.45, 7) is 7.55. The molecule has 256 valence electrons. The highest BCUT2D eigenvalue weighted by atomic mass is 35.5. The van der Waals surface area contributed by atoms with Gasteiger partial charge < -0.3 is 24.8 Å². The lowest BCUT2D eigenvalue weighted by Gasteiger charge is -2.54. The predicted octanol–water partition coefficient (Wildman–Crippen LogP) is 5.06. The topological polar surface area (TPSA) is 146 Å². The minimum absolute atomic E-state index is 0.0208. The number of alkyl halides is 3. The van der Waals surface area contributed by atoms with Crippen LogP contribution in [-0.2, 0) is 11.0 Å². The number of nitrogens with zero attached hydrogens (tertiary/aromatic N) is 7. The zero-order chi connectivity index (χ0) is 35.1. The maximum atomic E-state index is 14.4. The van der Waals surface area contributed by atoms with Gasteiger partial charge in [0.1, 0.15) is 18.1 Å². The molecule has 0 spiro atoms. The Morgan fingerprint density at radius 1 is 1.02 bits per heavy atom. The van der Waals surface area contributed by atoms with Crippen molar-refractivity contribution in [3.05, 3.63) is 73.8 Å². The van der Waals surface area contributed by atoms with Gasteiger partial charge in [0.25, 0.3) is 5.91 Å². The molecular weight excluding hydrogens is 665 g/mol. The van der Waals surface area contributed by atoms with E-state index in [0.717, 1.165) is 18.2 Å². The fourth-order valence-electron chi connectivity index (χ4n) is 7.25. The zero-order valence-corrected chi connectivity index (χ0v) is 27.7. The summed E-state index contributed by atoms with van der Waals surface area (Å²) >= 11 is 6.18. The first-order chi connectivity index (χ1) is 23.2. The van der Waals surface area contributed by atoms with Gasteiger partial charge in [-0.05, 0) is 58.2 Å². The van der Waals surface area contributed by atoms with Crippen molar-refractivity contribution < 1.29 is 27.9 Å². The molecule has 1 saturated carbocycles. The van der Waals surface area contributed by atoms with Crippen LogP contribution in [0.5, 0.6) is 5.75 Å². The van der Waals surface area contributed by atoms with E-state index in [1.54, 1.807) is 30.2 Å². The van der Waals surface area contributed by atoms with Crippen LogP contribution in [0.3, 0.4) is 0 Å². The maximum Gasteiger partial charge on any atom is 0.416 e. The summed E-state index contributed by atoms with van der Waals surface area (Å²) < 4.78 is 41.5. The van der Waals surface area contributed by atoms with Crippen molar-refractivity contribution in [2.24, 2.45) is 0 Å². The number of halogens is 4. The number of nitrogens with one attached hydrogen (secondary N) is 1. The summed E-state index contributed by atoms with van der Waals surface area (Å²) in [5, 5.41) is 12.9. The first-order valence-corrected chi connectivity index (χ1v) is 16.2. The van der Waals surface area contributed by atoms with E-state index in [2.05, 4.69) is 20.3 Å². The molecule has 1 saturated heterocycles. The number of carbonyl (C=O) groups excluding carboxylic acids is 2. The van der Waals surface area contributed by atoms with Crippen LogP contribution in [0.2, 0.25) is 5.02 Å². The van der Waals surface area contributed by atoms with Crippen molar-refractivity contribution in [3.8, 4) is 5.75 Å². The number of aromatic hydroxyl groups is 1. The van der Waals surface area contributed by atoms with Crippen molar-refractivity contribution in [2.75, 3.05) is 23.3 Å². The second kappa shape index (κ2) is 11.7. The molecule has 12 nitrogen and oxygen atoms in total. The summed E-state index contributed by atoms with van der Waals surface area (Å²) in [5.74, 6) is -1.51. The van der Waals surface area contributed by atoms with E-state index >= 15 is 0 Å². The average Bonchev–Trinajstić information content (AvgIpc) is 3.37. The smallest absolute Gasteiger partial charge is 0.416 e. The van der Waals surface area contributed by atoms with Crippen molar-refractivity contribution in [1.29, 1.82) is 0 Å². The highest BCUT2D eigenvalue weighted by Crippen LogP contribution is 2.46. The second-order valence-corrected chi connectivity index (χ2v) is 13.3. The average molecular weight is 697 g/mol. The number of aryl methyl sites for hydroxylation is 3. The number of rotatable bonds is 4. The lowest BCUT2D eigenvalue weighted by Crippen LogP contribution is -2.67. The molecule has 1 aliphatic carbocycles. The van der Waals surface area contributed by atoms with Crippen LogP contribution in [0.25, 0.3) is 11.2 Å². The Balaban J connectivity index is 1.29. The number of carbonyl (C=O) groups is 2. The number of hydrogen-bond acceptors (Lipinski definition) is 9. The lowest BCUT2D eigenvalue weighted by atomic mass is 9.81. The number of hydrogen-bond donors (Lipinski definition) is 2. The number of anilines is 2. The minimum atomic E-state index is -4.60. The number of piperazine rings is 1. The Bertz CT molecular complexity index is 2120. The molecule has 1 aromatic carbocycles. The molecule has 4 atom stereocenters. The molecule has 0 bridgehead atoms. The van der Waals surface area contributed by atoms with Gasteiger partial charge in [0.05, 0.1) is 45.1 Å². The number of benzene rings is 1. The molecule has 2 aliphatic heterocycles.